The van der Waals surface area contributed by atoms with Gasteiger partial charge in [-0.25, -0.2) is 0 Å². The Kier molecular flexibility index (Phi) is 7.00. The van der Waals surface area contributed by atoms with E-state index in [1.165, 1.54) is 38.5 Å². The maximum absolute atomic E-state index is 10.8. The largest absolute Gasteiger partial charge is 0.303 e. The van der Waals surface area contributed by atoms with E-state index in [1.807, 2.05) is 0 Å². The summed E-state index contributed by atoms with van der Waals surface area (Å²) in [4.78, 5) is 10.8. The summed E-state index contributed by atoms with van der Waals surface area (Å²) in [5, 5.41) is 0. The highest BCUT2D eigenvalue weighted by Gasteiger charge is 2.06. The van der Waals surface area contributed by atoms with E-state index in [0.29, 0.717) is 5.92 Å². The molecule has 0 bridgehead atoms. The molecule has 0 N–H and O–H groups in total. The van der Waals surface area contributed by atoms with Crippen molar-refractivity contribution in [2.75, 3.05) is 0 Å². The molecule has 0 saturated heterocycles. The second kappa shape index (κ2) is 8.53. The standard InChI is InChI=1S/C14H22O/c15-13-14-11-9-7-5-3-1-2-4-6-8-10-12-14/h13-14H,3-12H2. The molecule has 15 heavy (non-hydrogen) atoms. The zero-order valence-corrected chi connectivity index (χ0v) is 9.63. The van der Waals surface area contributed by atoms with E-state index in [1.54, 1.807) is 0 Å². The normalized spacial score (nSPS) is 21.3. The Morgan fingerprint density at radius 2 is 1.33 bits per heavy atom. The summed E-state index contributed by atoms with van der Waals surface area (Å²) in [6.07, 6.45) is 12.7. The van der Waals surface area contributed by atoms with Crippen molar-refractivity contribution < 1.29 is 4.79 Å². The van der Waals surface area contributed by atoms with Gasteiger partial charge in [0.15, 0.2) is 0 Å². The molecule has 84 valence electrons. The van der Waals surface area contributed by atoms with E-state index in [0.717, 1.165) is 32.0 Å². The molecule has 0 aromatic rings. The first-order valence-corrected chi connectivity index (χ1v) is 6.34. The zero-order chi connectivity index (χ0) is 10.8. The van der Waals surface area contributed by atoms with Crippen molar-refractivity contribution in [3.05, 3.63) is 0 Å². The molecule has 0 fully saturated rings. The van der Waals surface area contributed by atoms with Gasteiger partial charge in [-0.15, -0.1) is 11.8 Å². The lowest BCUT2D eigenvalue weighted by Gasteiger charge is -2.08. The Morgan fingerprint density at radius 1 is 0.800 bits per heavy atom. The van der Waals surface area contributed by atoms with Crippen molar-refractivity contribution in [2.45, 2.75) is 64.2 Å². The summed E-state index contributed by atoms with van der Waals surface area (Å²) < 4.78 is 0. The molecular formula is C14H22O. The fourth-order valence-electron chi connectivity index (χ4n) is 2.05. The third-order valence-corrected chi connectivity index (χ3v) is 3.07. The molecule has 1 aliphatic carbocycles. The van der Waals surface area contributed by atoms with Crippen LogP contribution in [0.25, 0.3) is 0 Å². The van der Waals surface area contributed by atoms with Crippen LogP contribution in [0.4, 0.5) is 0 Å². The van der Waals surface area contributed by atoms with Gasteiger partial charge in [0.05, 0.1) is 0 Å². The fraction of sp³-hybridized carbons (Fsp3) is 0.786. The van der Waals surface area contributed by atoms with E-state index in [2.05, 4.69) is 11.8 Å². The third kappa shape index (κ3) is 6.33. The first-order valence-electron chi connectivity index (χ1n) is 6.34. The quantitative estimate of drug-likeness (QED) is 0.472. The van der Waals surface area contributed by atoms with Crippen LogP contribution in [0, 0.1) is 17.8 Å². The van der Waals surface area contributed by atoms with Crippen LogP contribution in [-0.4, -0.2) is 6.29 Å². The lowest BCUT2D eigenvalue weighted by molar-refractivity contribution is -0.111. The number of aldehydes is 1. The monoisotopic (exact) mass is 206 g/mol. The van der Waals surface area contributed by atoms with Gasteiger partial charge in [-0.3, -0.25) is 0 Å². The number of rotatable bonds is 1. The van der Waals surface area contributed by atoms with E-state index in [4.69, 9.17) is 0 Å². The first kappa shape index (κ1) is 12.3. The van der Waals surface area contributed by atoms with Crippen LogP contribution in [0.3, 0.4) is 0 Å². The predicted octanol–water partition coefficient (Wildman–Crippen LogP) is 3.72. The molecule has 0 aromatic carbocycles. The van der Waals surface area contributed by atoms with Crippen LogP contribution in [0.2, 0.25) is 0 Å². The van der Waals surface area contributed by atoms with Crippen molar-refractivity contribution >= 4 is 6.29 Å². The summed E-state index contributed by atoms with van der Waals surface area (Å²) in [5.41, 5.74) is 0. The summed E-state index contributed by atoms with van der Waals surface area (Å²) in [7, 11) is 0. The van der Waals surface area contributed by atoms with Crippen LogP contribution in [0.15, 0.2) is 0 Å². The lowest BCUT2D eigenvalue weighted by Crippen LogP contribution is -2.02. The lowest BCUT2D eigenvalue weighted by atomic mass is 9.96. The average Bonchev–Trinajstić information content (AvgIpc) is 2.29. The topological polar surface area (TPSA) is 17.1 Å². The molecule has 0 heterocycles. The molecule has 0 spiro atoms. The predicted molar refractivity (Wildman–Crippen MR) is 63.5 cm³/mol. The number of hydrogen-bond acceptors (Lipinski definition) is 1. The average molecular weight is 206 g/mol. The summed E-state index contributed by atoms with van der Waals surface area (Å²) >= 11 is 0. The molecule has 0 radical (unpaired) electrons. The highest BCUT2D eigenvalue weighted by atomic mass is 16.1. The molecule has 1 heteroatoms. The Labute approximate surface area is 93.6 Å². The van der Waals surface area contributed by atoms with Crippen LogP contribution < -0.4 is 0 Å². The van der Waals surface area contributed by atoms with Gasteiger partial charge < -0.3 is 4.79 Å². The van der Waals surface area contributed by atoms with Gasteiger partial charge in [0.25, 0.3) is 0 Å². The summed E-state index contributed by atoms with van der Waals surface area (Å²) in [6, 6.07) is 0. The Balaban J connectivity index is 2.28. The molecule has 1 rings (SSSR count). The summed E-state index contributed by atoms with van der Waals surface area (Å²) in [5.74, 6) is 6.78. The number of carbonyl (C=O) groups is 1. The molecule has 0 aliphatic heterocycles. The second-order valence-electron chi connectivity index (χ2n) is 4.45. The molecular weight excluding hydrogens is 184 g/mol. The van der Waals surface area contributed by atoms with E-state index in [9.17, 15) is 4.79 Å². The van der Waals surface area contributed by atoms with Crippen LogP contribution >= 0.6 is 0 Å². The maximum atomic E-state index is 10.8. The minimum absolute atomic E-state index is 0.326. The summed E-state index contributed by atoms with van der Waals surface area (Å²) in [6.45, 7) is 0. The first-order chi connectivity index (χ1) is 7.43. The van der Waals surface area contributed by atoms with Crippen molar-refractivity contribution in [1.29, 1.82) is 0 Å². The molecule has 1 nitrogen and oxygen atoms in total. The van der Waals surface area contributed by atoms with Crippen LogP contribution in [0.5, 0.6) is 0 Å². The van der Waals surface area contributed by atoms with Crippen LogP contribution in [-0.2, 0) is 4.79 Å². The number of carbonyl (C=O) groups excluding carboxylic acids is 1. The second-order valence-corrected chi connectivity index (χ2v) is 4.45. The van der Waals surface area contributed by atoms with Gasteiger partial charge in [0.1, 0.15) is 6.29 Å². The Hall–Kier alpha value is -0.770. The molecule has 0 unspecified atom stereocenters. The van der Waals surface area contributed by atoms with Gasteiger partial charge in [-0.05, 0) is 25.7 Å². The van der Waals surface area contributed by atoms with Crippen LogP contribution in [0.1, 0.15) is 64.2 Å². The minimum atomic E-state index is 0.326. The molecule has 1 aliphatic rings. The van der Waals surface area contributed by atoms with E-state index >= 15 is 0 Å². The minimum Gasteiger partial charge on any atom is -0.303 e. The number of hydrogen-bond donors (Lipinski definition) is 0. The third-order valence-electron chi connectivity index (χ3n) is 3.07. The Morgan fingerprint density at radius 3 is 1.80 bits per heavy atom. The smallest absolute Gasteiger partial charge is 0.123 e. The molecule has 0 aromatic heterocycles. The van der Waals surface area contributed by atoms with Crippen molar-refractivity contribution in [3.8, 4) is 11.8 Å². The van der Waals surface area contributed by atoms with Crippen molar-refractivity contribution in [3.63, 3.8) is 0 Å². The van der Waals surface area contributed by atoms with E-state index < -0.39 is 0 Å². The highest BCUT2D eigenvalue weighted by Crippen LogP contribution is 2.16. The fourth-order valence-corrected chi connectivity index (χ4v) is 2.05. The Bertz CT molecular complexity index is 203. The van der Waals surface area contributed by atoms with Gasteiger partial charge in [0, 0.05) is 18.8 Å². The zero-order valence-electron chi connectivity index (χ0n) is 9.63. The van der Waals surface area contributed by atoms with Gasteiger partial charge in [0.2, 0.25) is 0 Å². The molecule has 0 saturated carbocycles. The molecule has 0 amide bonds. The van der Waals surface area contributed by atoms with Crippen molar-refractivity contribution in [2.24, 2.45) is 5.92 Å². The van der Waals surface area contributed by atoms with Gasteiger partial charge >= 0.3 is 0 Å². The highest BCUT2D eigenvalue weighted by molar-refractivity contribution is 5.53. The van der Waals surface area contributed by atoms with Crippen molar-refractivity contribution in [1.82, 2.24) is 0 Å². The SMILES string of the molecule is O=CC1CCCCCC#CCCCCC1. The van der Waals surface area contributed by atoms with E-state index in [-0.39, 0.29) is 0 Å². The maximum Gasteiger partial charge on any atom is 0.123 e. The van der Waals surface area contributed by atoms with Gasteiger partial charge in [-0.2, -0.15) is 0 Å². The molecule has 0 atom stereocenters. The van der Waals surface area contributed by atoms with Gasteiger partial charge in [-0.1, -0.05) is 25.7 Å².